The predicted octanol–water partition coefficient (Wildman–Crippen LogP) is 2.44. The molecule has 0 spiro atoms. The van der Waals surface area contributed by atoms with Crippen LogP contribution in [0.2, 0.25) is 0 Å². The summed E-state index contributed by atoms with van der Waals surface area (Å²) in [5.41, 5.74) is -0.131. The third-order valence-electron chi connectivity index (χ3n) is 3.38. The molecular formula is C14H18BrNO3. The number of ether oxygens (including phenoxy) is 1. The van der Waals surface area contributed by atoms with Crippen LogP contribution in [0.15, 0.2) is 22.7 Å². The lowest BCUT2D eigenvalue weighted by atomic mass is 9.89. The van der Waals surface area contributed by atoms with Gasteiger partial charge in [0.05, 0.1) is 31.4 Å². The summed E-state index contributed by atoms with van der Waals surface area (Å²) in [7, 11) is 1.57. The number of rotatable bonds is 4. The van der Waals surface area contributed by atoms with E-state index in [9.17, 15) is 9.90 Å². The molecule has 2 rings (SSSR count). The highest BCUT2D eigenvalue weighted by Gasteiger charge is 2.43. The molecule has 104 valence electrons. The minimum absolute atomic E-state index is 0.0773. The SMILES string of the molecule is CCCC1(O)CN(C(=O)c2cc(OC)ccc2Br)C1. The molecule has 1 heterocycles. The zero-order valence-electron chi connectivity index (χ0n) is 11.1. The fraction of sp³-hybridized carbons (Fsp3) is 0.500. The molecule has 0 saturated carbocycles. The lowest BCUT2D eigenvalue weighted by molar-refractivity contribution is -0.0860. The summed E-state index contributed by atoms with van der Waals surface area (Å²) in [6, 6.07) is 5.30. The van der Waals surface area contributed by atoms with Gasteiger partial charge in [0.2, 0.25) is 0 Å². The predicted molar refractivity (Wildman–Crippen MR) is 76.5 cm³/mol. The summed E-state index contributed by atoms with van der Waals surface area (Å²) in [4.78, 5) is 14.0. The Balaban J connectivity index is 2.10. The average Bonchev–Trinajstić information content (AvgIpc) is 2.36. The molecule has 1 fully saturated rings. The highest BCUT2D eigenvalue weighted by molar-refractivity contribution is 9.10. The number of amides is 1. The van der Waals surface area contributed by atoms with Crippen molar-refractivity contribution in [3.8, 4) is 5.75 Å². The largest absolute Gasteiger partial charge is 0.497 e. The average molecular weight is 328 g/mol. The van der Waals surface area contributed by atoms with Crippen LogP contribution < -0.4 is 4.74 Å². The highest BCUT2D eigenvalue weighted by atomic mass is 79.9. The van der Waals surface area contributed by atoms with Gasteiger partial charge >= 0.3 is 0 Å². The van der Waals surface area contributed by atoms with Gasteiger partial charge < -0.3 is 14.7 Å². The van der Waals surface area contributed by atoms with E-state index in [4.69, 9.17) is 4.74 Å². The molecule has 0 unspecified atom stereocenters. The molecule has 0 radical (unpaired) electrons. The number of halogens is 1. The topological polar surface area (TPSA) is 49.8 Å². The van der Waals surface area contributed by atoms with Crippen molar-refractivity contribution < 1.29 is 14.6 Å². The minimum atomic E-state index is -0.699. The molecule has 1 aromatic carbocycles. The van der Waals surface area contributed by atoms with E-state index in [2.05, 4.69) is 15.9 Å². The number of methoxy groups -OCH3 is 1. The van der Waals surface area contributed by atoms with Crippen LogP contribution in [-0.2, 0) is 0 Å². The first-order valence-corrected chi connectivity index (χ1v) is 7.13. The zero-order chi connectivity index (χ0) is 14.0. The smallest absolute Gasteiger partial charge is 0.255 e. The molecule has 1 amide bonds. The fourth-order valence-corrected chi connectivity index (χ4v) is 2.81. The van der Waals surface area contributed by atoms with Gasteiger partial charge in [-0.25, -0.2) is 0 Å². The number of carbonyl (C=O) groups excluding carboxylic acids is 1. The van der Waals surface area contributed by atoms with Crippen molar-refractivity contribution in [1.82, 2.24) is 4.90 Å². The van der Waals surface area contributed by atoms with Crippen LogP contribution in [-0.4, -0.2) is 41.7 Å². The maximum Gasteiger partial charge on any atom is 0.255 e. The number of carbonyl (C=O) groups is 1. The quantitative estimate of drug-likeness (QED) is 0.924. The van der Waals surface area contributed by atoms with E-state index in [1.165, 1.54) is 0 Å². The molecule has 4 nitrogen and oxygen atoms in total. The molecule has 1 N–H and O–H groups in total. The molecule has 0 aromatic heterocycles. The van der Waals surface area contributed by atoms with Crippen molar-refractivity contribution in [3.05, 3.63) is 28.2 Å². The third kappa shape index (κ3) is 2.92. The number of aliphatic hydroxyl groups is 1. The minimum Gasteiger partial charge on any atom is -0.497 e. The number of likely N-dealkylation sites (tertiary alicyclic amines) is 1. The Hall–Kier alpha value is -1.07. The standard InChI is InChI=1S/C14H18BrNO3/c1-3-6-14(18)8-16(9-14)13(17)11-7-10(19-2)4-5-12(11)15/h4-5,7,18H,3,6,8-9H2,1-2H3. The van der Waals surface area contributed by atoms with Crippen LogP contribution in [0.4, 0.5) is 0 Å². The second-order valence-corrected chi connectivity index (χ2v) is 5.84. The molecule has 0 aliphatic carbocycles. The molecule has 1 saturated heterocycles. The molecule has 5 heteroatoms. The maximum absolute atomic E-state index is 12.3. The van der Waals surface area contributed by atoms with Gasteiger partial charge in [-0.15, -0.1) is 0 Å². The lowest BCUT2D eigenvalue weighted by Gasteiger charge is -2.46. The summed E-state index contributed by atoms with van der Waals surface area (Å²) in [6.45, 7) is 2.84. The second-order valence-electron chi connectivity index (χ2n) is 4.98. The Bertz CT molecular complexity index is 484. The summed E-state index contributed by atoms with van der Waals surface area (Å²) in [6.07, 6.45) is 1.65. The molecular weight excluding hydrogens is 310 g/mol. The van der Waals surface area contributed by atoms with Gasteiger partial charge in [0.25, 0.3) is 5.91 Å². The number of β-amino-alcohol motifs (C(OH)–C–C–N with tert-alkyl or cyclic N) is 1. The van der Waals surface area contributed by atoms with Crippen LogP contribution >= 0.6 is 15.9 Å². The van der Waals surface area contributed by atoms with Gasteiger partial charge in [0.15, 0.2) is 0 Å². The van der Waals surface area contributed by atoms with Crippen molar-refractivity contribution >= 4 is 21.8 Å². The van der Waals surface area contributed by atoms with Gasteiger partial charge in [-0.2, -0.15) is 0 Å². The summed E-state index contributed by atoms with van der Waals surface area (Å²) >= 11 is 3.38. The van der Waals surface area contributed by atoms with Crippen LogP contribution in [0, 0.1) is 0 Å². The van der Waals surface area contributed by atoms with Gasteiger partial charge in [-0.05, 0) is 40.5 Å². The number of hydrogen-bond donors (Lipinski definition) is 1. The fourth-order valence-electron chi connectivity index (χ4n) is 2.40. The van der Waals surface area contributed by atoms with E-state index in [0.29, 0.717) is 24.4 Å². The highest BCUT2D eigenvalue weighted by Crippen LogP contribution is 2.30. The normalized spacial score (nSPS) is 16.9. The van der Waals surface area contributed by atoms with E-state index in [0.717, 1.165) is 17.3 Å². The van der Waals surface area contributed by atoms with Crippen molar-refractivity contribution in [2.45, 2.75) is 25.4 Å². The molecule has 0 bridgehead atoms. The first-order valence-electron chi connectivity index (χ1n) is 6.34. The molecule has 19 heavy (non-hydrogen) atoms. The van der Waals surface area contributed by atoms with Crippen LogP contribution in [0.5, 0.6) is 5.75 Å². The van der Waals surface area contributed by atoms with Gasteiger partial charge in [-0.3, -0.25) is 4.79 Å². The van der Waals surface area contributed by atoms with Crippen LogP contribution in [0.3, 0.4) is 0 Å². The van der Waals surface area contributed by atoms with Gasteiger partial charge in [0.1, 0.15) is 5.75 Å². The van der Waals surface area contributed by atoms with E-state index < -0.39 is 5.60 Å². The van der Waals surface area contributed by atoms with E-state index in [1.807, 2.05) is 6.92 Å². The number of hydrogen-bond acceptors (Lipinski definition) is 3. The first kappa shape index (κ1) is 14.3. The van der Waals surface area contributed by atoms with E-state index in [1.54, 1.807) is 30.2 Å². The van der Waals surface area contributed by atoms with Crippen molar-refractivity contribution in [3.63, 3.8) is 0 Å². The zero-order valence-corrected chi connectivity index (χ0v) is 12.7. The Labute approximate surface area is 121 Å². The summed E-state index contributed by atoms with van der Waals surface area (Å²) < 4.78 is 5.87. The van der Waals surface area contributed by atoms with Crippen molar-refractivity contribution in [2.24, 2.45) is 0 Å². The Kier molecular flexibility index (Phi) is 4.16. The van der Waals surface area contributed by atoms with Crippen LogP contribution in [0.25, 0.3) is 0 Å². The van der Waals surface area contributed by atoms with Gasteiger partial charge in [-0.1, -0.05) is 13.3 Å². The maximum atomic E-state index is 12.3. The lowest BCUT2D eigenvalue weighted by Crippen LogP contribution is -2.63. The van der Waals surface area contributed by atoms with Crippen LogP contribution in [0.1, 0.15) is 30.1 Å². The molecule has 1 aromatic rings. The monoisotopic (exact) mass is 327 g/mol. The van der Waals surface area contributed by atoms with Crippen molar-refractivity contribution in [2.75, 3.05) is 20.2 Å². The van der Waals surface area contributed by atoms with Gasteiger partial charge in [0, 0.05) is 4.47 Å². The number of nitrogens with zero attached hydrogens (tertiary/aromatic N) is 1. The third-order valence-corrected chi connectivity index (χ3v) is 4.07. The Morgan fingerprint density at radius 3 is 2.79 bits per heavy atom. The van der Waals surface area contributed by atoms with Crippen molar-refractivity contribution in [1.29, 1.82) is 0 Å². The molecule has 1 aliphatic rings. The van der Waals surface area contributed by atoms with E-state index in [-0.39, 0.29) is 5.91 Å². The first-order chi connectivity index (χ1) is 8.99. The Morgan fingerprint density at radius 1 is 1.53 bits per heavy atom. The van der Waals surface area contributed by atoms with E-state index >= 15 is 0 Å². The molecule has 0 atom stereocenters. The summed E-state index contributed by atoms with van der Waals surface area (Å²) in [5, 5.41) is 10.1. The second kappa shape index (κ2) is 5.51. The summed E-state index contributed by atoms with van der Waals surface area (Å²) in [5.74, 6) is 0.572. The Morgan fingerprint density at radius 2 is 2.21 bits per heavy atom. The molecule has 1 aliphatic heterocycles. The number of benzene rings is 1.